The summed E-state index contributed by atoms with van der Waals surface area (Å²) in [6.07, 6.45) is 0.922. The molecule has 0 aromatic heterocycles. The van der Waals surface area contributed by atoms with E-state index in [2.05, 4.69) is 10.6 Å². The number of hydrogen-bond acceptors (Lipinski definition) is 3. The Morgan fingerprint density at radius 3 is 2.78 bits per heavy atom. The van der Waals surface area contributed by atoms with Gasteiger partial charge in [-0.2, -0.15) is 5.26 Å². The number of piperidine rings is 1. The molecule has 1 aliphatic rings. The van der Waals surface area contributed by atoms with Crippen LogP contribution in [0.2, 0.25) is 0 Å². The number of carbonyl (C=O) groups excluding carboxylic acids is 1. The fourth-order valence-corrected chi connectivity index (χ4v) is 1.82. The van der Waals surface area contributed by atoms with E-state index < -0.39 is 11.6 Å². The van der Waals surface area contributed by atoms with Crippen LogP contribution in [0.15, 0.2) is 12.1 Å². The lowest BCUT2D eigenvalue weighted by Gasteiger charge is -2.24. The molecule has 2 rings (SSSR count). The Morgan fingerprint density at radius 2 is 2.17 bits per heavy atom. The zero-order valence-corrected chi connectivity index (χ0v) is 9.46. The molecule has 4 nitrogen and oxygen atoms in total. The quantitative estimate of drug-likeness (QED) is 0.837. The number of anilines is 1. The van der Waals surface area contributed by atoms with E-state index >= 15 is 0 Å². The van der Waals surface area contributed by atoms with Crippen molar-refractivity contribution in [2.24, 2.45) is 0 Å². The molecule has 0 spiro atoms. The van der Waals surface area contributed by atoms with Crippen molar-refractivity contribution in [3.63, 3.8) is 0 Å². The van der Waals surface area contributed by atoms with Gasteiger partial charge in [-0.3, -0.25) is 4.79 Å². The van der Waals surface area contributed by atoms with Gasteiger partial charge in [0.05, 0.1) is 11.3 Å². The normalized spacial score (nSPS) is 18.9. The minimum absolute atomic E-state index is 0.00708. The smallest absolute Gasteiger partial charge is 0.220 e. The van der Waals surface area contributed by atoms with Crippen molar-refractivity contribution in [1.82, 2.24) is 5.32 Å². The number of benzene rings is 1. The van der Waals surface area contributed by atoms with Gasteiger partial charge < -0.3 is 10.6 Å². The van der Waals surface area contributed by atoms with Gasteiger partial charge in [-0.05, 0) is 18.6 Å². The first-order valence-corrected chi connectivity index (χ1v) is 5.53. The molecule has 1 aliphatic heterocycles. The summed E-state index contributed by atoms with van der Waals surface area (Å²) in [4.78, 5) is 11.0. The molecule has 1 saturated heterocycles. The Kier molecular flexibility index (Phi) is 3.42. The first-order valence-electron chi connectivity index (χ1n) is 5.53. The van der Waals surface area contributed by atoms with Gasteiger partial charge in [0.1, 0.15) is 6.07 Å². The maximum absolute atomic E-state index is 13.6. The van der Waals surface area contributed by atoms with Crippen molar-refractivity contribution in [1.29, 1.82) is 5.26 Å². The highest BCUT2D eigenvalue weighted by atomic mass is 19.2. The number of halogens is 2. The third-order valence-corrected chi connectivity index (χ3v) is 2.83. The van der Waals surface area contributed by atoms with Crippen LogP contribution in [0.4, 0.5) is 14.5 Å². The summed E-state index contributed by atoms with van der Waals surface area (Å²) in [6.45, 7) is 0.375. The molecule has 1 unspecified atom stereocenters. The van der Waals surface area contributed by atoms with Crippen LogP contribution >= 0.6 is 0 Å². The topological polar surface area (TPSA) is 64.9 Å². The molecule has 0 aliphatic carbocycles. The van der Waals surface area contributed by atoms with Gasteiger partial charge in [-0.25, -0.2) is 8.78 Å². The standard InChI is InChI=1S/C12H11F2N3O/c13-11-7(5-15)1-3-9(12(11)14)17-8-2-4-10(18)16-6-8/h1,3,8,17H,2,4,6H2,(H,16,18). The molecular formula is C12H11F2N3O. The predicted molar refractivity (Wildman–Crippen MR) is 60.7 cm³/mol. The summed E-state index contributed by atoms with van der Waals surface area (Å²) in [5.41, 5.74) is -0.317. The van der Waals surface area contributed by atoms with Gasteiger partial charge >= 0.3 is 0 Å². The lowest BCUT2D eigenvalue weighted by atomic mass is 10.1. The minimum Gasteiger partial charge on any atom is -0.378 e. The van der Waals surface area contributed by atoms with Crippen LogP contribution in [-0.4, -0.2) is 18.5 Å². The predicted octanol–water partition coefficient (Wildman–Crippen LogP) is 1.53. The van der Waals surface area contributed by atoms with E-state index in [-0.39, 0.29) is 23.2 Å². The van der Waals surface area contributed by atoms with Gasteiger partial charge in [0.25, 0.3) is 0 Å². The molecular weight excluding hydrogens is 240 g/mol. The molecule has 94 valence electrons. The van der Waals surface area contributed by atoms with E-state index in [1.165, 1.54) is 12.1 Å². The molecule has 6 heteroatoms. The van der Waals surface area contributed by atoms with Crippen LogP contribution in [-0.2, 0) is 4.79 Å². The zero-order valence-electron chi connectivity index (χ0n) is 9.46. The van der Waals surface area contributed by atoms with Crippen LogP contribution in [0.5, 0.6) is 0 Å². The molecule has 0 saturated carbocycles. The highest BCUT2D eigenvalue weighted by Gasteiger charge is 2.20. The average Bonchev–Trinajstić information content (AvgIpc) is 2.38. The first kappa shape index (κ1) is 12.3. The Bertz CT molecular complexity index is 515. The molecule has 1 aromatic rings. The van der Waals surface area contributed by atoms with Gasteiger partial charge in [-0.1, -0.05) is 0 Å². The Hall–Kier alpha value is -2.16. The monoisotopic (exact) mass is 251 g/mol. The third kappa shape index (κ3) is 2.40. The van der Waals surface area contributed by atoms with Crippen molar-refractivity contribution in [2.75, 3.05) is 11.9 Å². The second kappa shape index (κ2) is 5.00. The SMILES string of the molecule is N#Cc1ccc(NC2CCC(=O)NC2)c(F)c1F. The van der Waals surface area contributed by atoms with Crippen LogP contribution in [0.25, 0.3) is 0 Å². The molecule has 2 N–H and O–H groups in total. The molecule has 18 heavy (non-hydrogen) atoms. The highest BCUT2D eigenvalue weighted by molar-refractivity contribution is 5.77. The van der Waals surface area contributed by atoms with Gasteiger partial charge in [0, 0.05) is 19.0 Å². The third-order valence-electron chi connectivity index (χ3n) is 2.83. The lowest BCUT2D eigenvalue weighted by Crippen LogP contribution is -2.42. The molecule has 1 fully saturated rings. The number of nitrogens with zero attached hydrogens (tertiary/aromatic N) is 1. The van der Waals surface area contributed by atoms with E-state index in [1.54, 1.807) is 6.07 Å². The summed E-state index contributed by atoms with van der Waals surface area (Å²) >= 11 is 0. The first-order chi connectivity index (χ1) is 8.61. The number of nitriles is 1. The van der Waals surface area contributed by atoms with Crippen molar-refractivity contribution in [3.8, 4) is 6.07 Å². The Morgan fingerprint density at radius 1 is 1.39 bits per heavy atom. The summed E-state index contributed by atoms with van der Waals surface area (Å²) in [5.74, 6) is -2.26. The summed E-state index contributed by atoms with van der Waals surface area (Å²) in [6, 6.07) is 3.99. The largest absolute Gasteiger partial charge is 0.378 e. The summed E-state index contributed by atoms with van der Waals surface area (Å²) < 4.78 is 27.0. The van der Waals surface area contributed by atoms with E-state index in [0.717, 1.165) is 0 Å². The number of nitrogens with one attached hydrogen (secondary N) is 2. The number of amides is 1. The summed E-state index contributed by atoms with van der Waals surface area (Å²) in [7, 11) is 0. The molecule has 0 radical (unpaired) electrons. The molecule has 0 bridgehead atoms. The maximum Gasteiger partial charge on any atom is 0.220 e. The molecule has 1 atom stereocenters. The highest BCUT2D eigenvalue weighted by Crippen LogP contribution is 2.22. The van der Waals surface area contributed by atoms with E-state index in [0.29, 0.717) is 19.4 Å². The van der Waals surface area contributed by atoms with Crippen molar-refractivity contribution in [3.05, 3.63) is 29.3 Å². The van der Waals surface area contributed by atoms with Crippen LogP contribution in [0, 0.1) is 23.0 Å². The fraction of sp³-hybridized carbons (Fsp3) is 0.333. The fourth-order valence-electron chi connectivity index (χ4n) is 1.82. The number of rotatable bonds is 2. The van der Waals surface area contributed by atoms with Gasteiger partial charge in [0.2, 0.25) is 5.91 Å². The van der Waals surface area contributed by atoms with Gasteiger partial charge in [-0.15, -0.1) is 0 Å². The van der Waals surface area contributed by atoms with E-state index in [4.69, 9.17) is 5.26 Å². The zero-order chi connectivity index (χ0) is 13.1. The molecule has 1 aromatic carbocycles. The molecule has 1 heterocycles. The molecule has 1 amide bonds. The van der Waals surface area contributed by atoms with Crippen LogP contribution in [0.3, 0.4) is 0 Å². The minimum atomic E-state index is -1.15. The van der Waals surface area contributed by atoms with Crippen molar-refractivity contribution < 1.29 is 13.6 Å². The summed E-state index contributed by atoms with van der Waals surface area (Å²) in [5, 5.41) is 14.0. The Labute approximate surface area is 103 Å². The Balaban J connectivity index is 2.13. The lowest BCUT2D eigenvalue weighted by molar-refractivity contribution is -0.122. The van der Waals surface area contributed by atoms with E-state index in [9.17, 15) is 13.6 Å². The maximum atomic E-state index is 13.6. The number of carbonyl (C=O) groups is 1. The van der Waals surface area contributed by atoms with Crippen molar-refractivity contribution >= 4 is 11.6 Å². The average molecular weight is 251 g/mol. The van der Waals surface area contributed by atoms with Gasteiger partial charge in [0.15, 0.2) is 11.6 Å². The van der Waals surface area contributed by atoms with Crippen molar-refractivity contribution in [2.45, 2.75) is 18.9 Å². The number of hydrogen-bond donors (Lipinski definition) is 2. The second-order valence-electron chi connectivity index (χ2n) is 4.08. The second-order valence-corrected chi connectivity index (χ2v) is 4.08. The van der Waals surface area contributed by atoms with Crippen LogP contribution in [0.1, 0.15) is 18.4 Å². The van der Waals surface area contributed by atoms with E-state index in [1.807, 2.05) is 0 Å². The van der Waals surface area contributed by atoms with Crippen LogP contribution < -0.4 is 10.6 Å².